The fourth-order valence-electron chi connectivity index (χ4n) is 1.75. The normalized spacial score (nSPS) is 10.2. The Hall–Kier alpha value is -2.03. The quantitative estimate of drug-likeness (QED) is 0.821. The SMILES string of the molecule is CN(Cc1cccc(N)c1F)c1ccccc1. The van der Waals surface area contributed by atoms with Crippen LogP contribution in [0.4, 0.5) is 15.8 Å². The smallest absolute Gasteiger partial charge is 0.151 e. The Balaban J connectivity index is 2.19. The molecule has 0 bridgehead atoms. The minimum atomic E-state index is -0.324. The Labute approximate surface area is 100 Å². The van der Waals surface area contributed by atoms with E-state index < -0.39 is 0 Å². The lowest BCUT2D eigenvalue weighted by atomic mass is 10.1. The summed E-state index contributed by atoms with van der Waals surface area (Å²) in [7, 11) is 1.93. The molecule has 2 rings (SSSR count). The molecular weight excluding hydrogens is 215 g/mol. The zero-order chi connectivity index (χ0) is 12.3. The fraction of sp³-hybridized carbons (Fsp3) is 0.143. The van der Waals surface area contributed by atoms with Crippen molar-refractivity contribution < 1.29 is 4.39 Å². The molecule has 0 fully saturated rings. The Bertz CT molecular complexity index is 497. The summed E-state index contributed by atoms with van der Waals surface area (Å²) in [5.41, 5.74) is 7.40. The second kappa shape index (κ2) is 4.87. The van der Waals surface area contributed by atoms with Crippen LogP contribution in [0, 0.1) is 5.82 Å². The molecule has 0 aromatic heterocycles. The van der Waals surface area contributed by atoms with Gasteiger partial charge in [-0.05, 0) is 18.2 Å². The Morgan fingerprint density at radius 3 is 2.47 bits per heavy atom. The van der Waals surface area contributed by atoms with E-state index >= 15 is 0 Å². The van der Waals surface area contributed by atoms with Gasteiger partial charge >= 0.3 is 0 Å². The number of nitrogens with zero attached hydrogens (tertiary/aromatic N) is 1. The number of halogens is 1. The number of anilines is 2. The zero-order valence-corrected chi connectivity index (χ0v) is 9.73. The van der Waals surface area contributed by atoms with Gasteiger partial charge in [-0.1, -0.05) is 30.3 Å². The molecule has 88 valence electrons. The van der Waals surface area contributed by atoms with E-state index in [0.717, 1.165) is 5.69 Å². The van der Waals surface area contributed by atoms with Crippen molar-refractivity contribution in [3.8, 4) is 0 Å². The van der Waals surface area contributed by atoms with E-state index in [1.54, 1.807) is 18.2 Å². The number of nitrogens with two attached hydrogens (primary N) is 1. The van der Waals surface area contributed by atoms with Gasteiger partial charge in [-0.2, -0.15) is 0 Å². The first kappa shape index (κ1) is 11.5. The molecule has 2 aromatic rings. The molecule has 17 heavy (non-hydrogen) atoms. The number of benzene rings is 2. The van der Waals surface area contributed by atoms with Gasteiger partial charge in [0.05, 0.1) is 5.69 Å². The molecule has 0 aliphatic rings. The van der Waals surface area contributed by atoms with Crippen molar-refractivity contribution in [1.29, 1.82) is 0 Å². The van der Waals surface area contributed by atoms with E-state index in [9.17, 15) is 4.39 Å². The highest BCUT2D eigenvalue weighted by Gasteiger charge is 2.08. The second-order valence-electron chi connectivity index (χ2n) is 4.01. The largest absolute Gasteiger partial charge is 0.396 e. The molecule has 0 spiro atoms. The van der Waals surface area contributed by atoms with Crippen LogP contribution >= 0.6 is 0 Å². The molecule has 0 heterocycles. The van der Waals surface area contributed by atoms with Crippen molar-refractivity contribution in [3.05, 3.63) is 59.9 Å². The third-order valence-corrected chi connectivity index (χ3v) is 2.71. The predicted octanol–water partition coefficient (Wildman–Crippen LogP) is 3.04. The maximum absolute atomic E-state index is 13.7. The Morgan fingerprint density at radius 1 is 1.06 bits per heavy atom. The molecule has 0 radical (unpaired) electrons. The lowest BCUT2D eigenvalue weighted by Gasteiger charge is -2.19. The number of rotatable bonds is 3. The van der Waals surface area contributed by atoms with E-state index in [0.29, 0.717) is 12.1 Å². The average molecular weight is 230 g/mol. The number of nitrogen functional groups attached to an aromatic ring is 1. The molecule has 0 atom stereocenters. The van der Waals surface area contributed by atoms with Gasteiger partial charge in [0, 0.05) is 24.8 Å². The van der Waals surface area contributed by atoms with Crippen molar-refractivity contribution in [1.82, 2.24) is 0 Å². The summed E-state index contributed by atoms with van der Waals surface area (Å²) < 4.78 is 13.7. The van der Waals surface area contributed by atoms with Gasteiger partial charge in [-0.15, -0.1) is 0 Å². The molecule has 0 saturated heterocycles. The first-order valence-corrected chi connectivity index (χ1v) is 5.47. The van der Waals surface area contributed by atoms with E-state index in [4.69, 9.17) is 5.73 Å². The summed E-state index contributed by atoms with van der Waals surface area (Å²) in [5.74, 6) is -0.324. The van der Waals surface area contributed by atoms with Crippen LogP contribution in [0.1, 0.15) is 5.56 Å². The summed E-state index contributed by atoms with van der Waals surface area (Å²) in [5, 5.41) is 0. The highest BCUT2D eigenvalue weighted by molar-refractivity contribution is 5.48. The molecule has 0 unspecified atom stereocenters. The second-order valence-corrected chi connectivity index (χ2v) is 4.01. The van der Waals surface area contributed by atoms with Crippen molar-refractivity contribution in [2.24, 2.45) is 0 Å². The first-order chi connectivity index (χ1) is 8.18. The van der Waals surface area contributed by atoms with E-state index in [-0.39, 0.29) is 11.5 Å². The van der Waals surface area contributed by atoms with Gasteiger partial charge in [-0.3, -0.25) is 0 Å². The van der Waals surface area contributed by atoms with E-state index in [1.807, 2.05) is 42.3 Å². The van der Waals surface area contributed by atoms with E-state index in [1.165, 1.54) is 0 Å². The first-order valence-electron chi connectivity index (χ1n) is 5.47. The molecule has 2 nitrogen and oxygen atoms in total. The third kappa shape index (κ3) is 2.56. The van der Waals surface area contributed by atoms with Crippen molar-refractivity contribution in [2.45, 2.75) is 6.54 Å². The third-order valence-electron chi connectivity index (χ3n) is 2.71. The van der Waals surface area contributed by atoms with Gasteiger partial charge in [-0.25, -0.2) is 4.39 Å². The molecule has 0 aliphatic carbocycles. The lowest BCUT2D eigenvalue weighted by molar-refractivity contribution is 0.612. The zero-order valence-electron chi connectivity index (χ0n) is 9.73. The van der Waals surface area contributed by atoms with Gasteiger partial charge in [0.15, 0.2) is 5.82 Å². The van der Waals surface area contributed by atoms with Crippen LogP contribution in [0.15, 0.2) is 48.5 Å². The topological polar surface area (TPSA) is 29.3 Å². The number of hydrogen-bond donors (Lipinski definition) is 1. The minimum Gasteiger partial charge on any atom is -0.396 e. The van der Waals surface area contributed by atoms with Crippen LogP contribution in [0.25, 0.3) is 0 Å². The highest BCUT2D eigenvalue weighted by Crippen LogP contribution is 2.19. The number of hydrogen-bond acceptors (Lipinski definition) is 2. The van der Waals surface area contributed by atoms with Crippen LogP contribution in [0.5, 0.6) is 0 Å². The standard InChI is InChI=1S/C14H15FN2/c1-17(12-7-3-2-4-8-12)10-11-6-5-9-13(16)14(11)15/h2-9H,10,16H2,1H3. The molecule has 0 amide bonds. The maximum atomic E-state index is 13.7. The van der Waals surface area contributed by atoms with Crippen molar-refractivity contribution in [3.63, 3.8) is 0 Å². The highest BCUT2D eigenvalue weighted by atomic mass is 19.1. The molecule has 0 saturated carbocycles. The summed E-state index contributed by atoms with van der Waals surface area (Å²) >= 11 is 0. The lowest BCUT2D eigenvalue weighted by Crippen LogP contribution is -2.17. The summed E-state index contributed by atoms with van der Waals surface area (Å²) in [6.07, 6.45) is 0. The maximum Gasteiger partial charge on any atom is 0.151 e. The fourth-order valence-corrected chi connectivity index (χ4v) is 1.75. The predicted molar refractivity (Wildman–Crippen MR) is 69.4 cm³/mol. The average Bonchev–Trinajstić information content (AvgIpc) is 2.36. The minimum absolute atomic E-state index is 0.198. The summed E-state index contributed by atoms with van der Waals surface area (Å²) in [6.45, 7) is 0.501. The van der Waals surface area contributed by atoms with Gasteiger partial charge < -0.3 is 10.6 Å². The molecule has 2 aromatic carbocycles. The van der Waals surface area contributed by atoms with Crippen LogP contribution in [-0.2, 0) is 6.54 Å². The molecule has 2 N–H and O–H groups in total. The summed E-state index contributed by atoms with van der Waals surface area (Å²) in [4.78, 5) is 1.98. The van der Waals surface area contributed by atoms with Crippen LogP contribution < -0.4 is 10.6 Å². The Morgan fingerprint density at radius 2 is 1.76 bits per heavy atom. The van der Waals surface area contributed by atoms with Crippen LogP contribution in [0.3, 0.4) is 0 Å². The van der Waals surface area contributed by atoms with Crippen molar-refractivity contribution in [2.75, 3.05) is 17.7 Å². The van der Waals surface area contributed by atoms with Gasteiger partial charge in [0.2, 0.25) is 0 Å². The molecule has 3 heteroatoms. The Kier molecular flexibility index (Phi) is 3.28. The summed E-state index contributed by atoms with van der Waals surface area (Å²) in [6, 6.07) is 15.0. The number of para-hydroxylation sites is 1. The van der Waals surface area contributed by atoms with Gasteiger partial charge in [0.1, 0.15) is 0 Å². The van der Waals surface area contributed by atoms with Gasteiger partial charge in [0.25, 0.3) is 0 Å². The van der Waals surface area contributed by atoms with E-state index in [2.05, 4.69) is 0 Å². The van der Waals surface area contributed by atoms with Crippen LogP contribution in [0.2, 0.25) is 0 Å². The van der Waals surface area contributed by atoms with Crippen molar-refractivity contribution >= 4 is 11.4 Å². The van der Waals surface area contributed by atoms with Crippen LogP contribution in [-0.4, -0.2) is 7.05 Å². The monoisotopic (exact) mass is 230 g/mol. The molecule has 0 aliphatic heterocycles. The molecular formula is C14H15FN2.